The third-order valence-corrected chi connectivity index (χ3v) is 5.12. The van der Waals surface area contributed by atoms with Crippen molar-refractivity contribution in [2.45, 2.75) is 46.0 Å². The summed E-state index contributed by atoms with van der Waals surface area (Å²) in [4.78, 5) is 0. The van der Waals surface area contributed by atoms with Gasteiger partial charge < -0.3 is 5.32 Å². The lowest BCUT2D eigenvalue weighted by Gasteiger charge is -2.07. The molecule has 0 aliphatic heterocycles. The summed E-state index contributed by atoms with van der Waals surface area (Å²) in [7, 11) is -2.99. The molecule has 1 aromatic rings. The average Bonchev–Trinajstić information content (AvgIpc) is 2.65. The Kier molecular flexibility index (Phi) is 5.34. The third kappa shape index (κ3) is 4.10. The molecule has 104 valence electrons. The van der Waals surface area contributed by atoms with Gasteiger partial charge in [-0.25, -0.2) is 8.42 Å². The van der Waals surface area contributed by atoms with E-state index in [1.165, 1.54) is 0 Å². The van der Waals surface area contributed by atoms with Crippen LogP contribution in [-0.2, 0) is 22.9 Å². The van der Waals surface area contributed by atoms with Crippen LogP contribution in [0, 0.1) is 6.92 Å². The molecule has 0 atom stereocenters. The van der Waals surface area contributed by atoms with Gasteiger partial charge in [0.05, 0.1) is 23.2 Å². The lowest BCUT2D eigenvalue weighted by atomic mass is 10.2. The van der Waals surface area contributed by atoms with E-state index in [0.29, 0.717) is 6.54 Å². The van der Waals surface area contributed by atoms with E-state index in [9.17, 15) is 8.42 Å². The summed E-state index contributed by atoms with van der Waals surface area (Å²) in [6.07, 6.45) is 1.92. The van der Waals surface area contributed by atoms with Crippen LogP contribution in [0.1, 0.15) is 32.0 Å². The Hall–Kier alpha value is -0.880. The van der Waals surface area contributed by atoms with Crippen LogP contribution in [0.15, 0.2) is 6.20 Å². The molecule has 18 heavy (non-hydrogen) atoms. The van der Waals surface area contributed by atoms with E-state index in [1.807, 2.05) is 13.1 Å². The highest BCUT2D eigenvalue weighted by Gasteiger charge is 2.16. The minimum atomic E-state index is -2.99. The predicted molar refractivity (Wildman–Crippen MR) is 73.3 cm³/mol. The summed E-state index contributed by atoms with van der Waals surface area (Å²) < 4.78 is 25.2. The lowest BCUT2D eigenvalue weighted by Crippen LogP contribution is -2.21. The molecule has 0 aromatic carbocycles. The second-order valence-corrected chi connectivity index (χ2v) is 7.38. The van der Waals surface area contributed by atoms with E-state index in [-0.39, 0.29) is 11.0 Å². The van der Waals surface area contributed by atoms with E-state index in [1.54, 1.807) is 18.5 Å². The molecule has 0 fully saturated rings. The predicted octanol–water partition coefficient (Wildman–Crippen LogP) is 1.12. The number of aromatic nitrogens is 2. The summed E-state index contributed by atoms with van der Waals surface area (Å²) in [5.74, 6) is 0.145. The molecule has 0 amide bonds. The summed E-state index contributed by atoms with van der Waals surface area (Å²) in [5.41, 5.74) is 2.08. The number of aryl methyl sites for hydroxylation is 2. The number of hydrogen-bond donors (Lipinski definition) is 1. The molecule has 5 nitrogen and oxygen atoms in total. The quantitative estimate of drug-likeness (QED) is 0.808. The Morgan fingerprint density at radius 2 is 2.11 bits per heavy atom. The highest BCUT2D eigenvalue weighted by molar-refractivity contribution is 7.91. The van der Waals surface area contributed by atoms with Crippen molar-refractivity contribution in [3.8, 4) is 0 Å². The fourth-order valence-corrected chi connectivity index (χ4v) is 2.48. The van der Waals surface area contributed by atoms with Gasteiger partial charge in [-0.3, -0.25) is 4.68 Å². The van der Waals surface area contributed by atoms with Crippen LogP contribution in [0.25, 0.3) is 0 Å². The smallest absolute Gasteiger partial charge is 0.154 e. The first kappa shape index (κ1) is 15.2. The molecule has 0 spiro atoms. The van der Waals surface area contributed by atoms with Gasteiger partial charge in [-0.1, -0.05) is 6.92 Å². The molecule has 0 aliphatic rings. The fraction of sp³-hybridized carbons (Fsp3) is 0.750. The molecule has 1 rings (SSSR count). The summed E-state index contributed by atoms with van der Waals surface area (Å²) in [6.45, 7) is 9.52. The van der Waals surface area contributed by atoms with Crippen molar-refractivity contribution < 1.29 is 8.42 Å². The molecule has 0 saturated heterocycles. The van der Waals surface area contributed by atoms with E-state index < -0.39 is 9.84 Å². The van der Waals surface area contributed by atoms with Crippen LogP contribution < -0.4 is 5.32 Å². The molecule has 0 unspecified atom stereocenters. The van der Waals surface area contributed by atoms with E-state index >= 15 is 0 Å². The Morgan fingerprint density at radius 1 is 1.44 bits per heavy atom. The van der Waals surface area contributed by atoms with Gasteiger partial charge in [-0.05, 0) is 27.3 Å². The van der Waals surface area contributed by atoms with Gasteiger partial charge in [-0.15, -0.1) is 0 Å². The molecule has 6 heteroatoms. The van der Waals surface area contributed by atoms with Crippen LogP contribution in [0.5, 0.6) is 0 Å². The Morgan fingerprint density at radius 3 is 2.67 bits per heavy atom. The lowest BCUT2D eigenvalue weighted by molar-refractivity contribution is 0.572. The van der Waals surface area contributed by atoms with Crippen molar-refractivity contribution >= 4 is 9.84 Å². The van der Waals surface area contributed by atoms with Crippen molar-refractivity contribution in [3.63, 3.8) is 0 Å². The Balaban J connectivity index is 2.64. The fourth-order valence-electron chi connectivity index (χ4n) is 1.56. The van der Waals surface area contributed by atoms with Crippen LogP contribution in [-0.4, -0.2) is 35.7 Å². The van der Waals surface area contributed by atoms with E-state index in [2.05, 4.69) is 17.3 Å². The maximum absolute atomic E-state index is 11.7. The molecule has 1 N–H and O–H groups in total. The second-order valence-electron chi connectivity index (χ2n) is 4.70. The standard InChI is InChI=1S/C12H23N3O2S/c1-5-13-8-12-9-15(14-11(12)4)6-7-18(16,17)10(2)3/h9-10,13H,5-8H2,1-4H3. The zero-order valence-electron chi connectivity index (χ0n) is 11.6. The maximum Gasteiger partial charge on any atom is 0.154 e. The van der Waals surface area contributed by atoms with Crippen molar-refractivity contribution in [1.29, 1.82) is 0 Å². The summed E-state index contributed by atoms with van der Waals surface area (Å²) in [6, 6.07) is 0. The van der Waals surface area contributed by atoms with Gasteiger partial charge in [0.25, 0.3) is 0 Å². The molecule has 0 bridgehead atoms. The zero-order valence-corrected chi connectivity index (χ0v) is 12.4. The van der Waals surface area contributed by atoms with Gasteiger partial charge in [0.2, 0.25) is 0 Å². The molecule has 0 radical (unpaired) electrons. The topological polar surface area (TPSA) is 64.0 Å². The highest BCUT2D eigenvalue weighted by Crippen LogP contribution is 2.07. The Bertz CT molecular complexity index is 478. The maximum atomic E-state index is 11.7. The SMILES string of the molecule is CCNCc1cn(CCS(=O)(=O)C(C)C)nc1C. The first-order chi connectivity index (χ1) is 8.36. The first-order valence-electron chi connectivity index (χ1n) is 6.32. The van der Waals surface area contributed by atoms with Crippen LogP contribution >= 0.6 is 0 Å². The number of nitrogens with one attached hydrogen (secondary N) is 1. The number of hydrogen-bond acceptors (Lipinski definition) is 4. The Labute approximate surface area is 109 Å². The molecule has 1 aromatic heterocycles. The molecule has 0 aliphatic carbocycles. The second kappa shape index (κ2) is 6.33. The monoisotopic (exact) mass is 273 g/mol. The number of nitrogens with zero attached hydrogens (tertiary/aromatic N) is 2. The largest absolute Gasteiger partial charge is 0.313 e. The normalized spacial score (nSPS) is 12.3. The van der Waals surface area contributed by atoms with Crippen molar-refractivity contribution in [2.75, 3.05) is 12.3 Å². The van der Waals surface area contributed by atoms with Gasteiger partial charge >= 0.3 is 0 Å². The number of rotatable bonds is 7. The van der Waals surface area contributed by atoms with Crippen LogP contribution in [0.2, 0.25) is 0 Å². The van der Waals surface area contributed by atoms with Gasteiger partial charge in [-0.2, -0.15) is 5.10 Å². The summed E-state index contributed by atoms with van der Waals surface area (Å²) >= 11 is 0. The van der Waals surface area contributed by atoms with Crippen LogP contribution in [0.4, 0.5) is 0 Å². The number of sulfone groups is 1. The van der Waals surface area contributed by atoms with Gasteiger partial charge in [0.15, 0.2) is 9.84 Å². The van der Waals surface area contributed by atoms with Gasteiger partial charge in [0.1, 0.15) is 0 Å². The van der Waals surface area contributed by atoms with Crippen molar-refractivity contribution in [3.05, 3.63) is 17.5 Å². The first-order valence-corrected chi connectivity index (χ1v) is 8.03. The third-order valence-electron chi connectivity index (χ3n) is 2.94. The van der Waals surface area contributed by atoms with E-state index in [0.717, 1.165) is 24.3 Å². The van der Waals surface area contributed by atoms with Crippen molar-refractivity contribution in [2.24, 2.45) is 0 Å². The average molecular weight is 273 g/mol. The molecular weight excluding hydrogens is 250 g/mol. The minimum absolute atomic E-state index is 0.145. The molecular formula is C12H23N3O2S. The molecule has 0 saturated carbocycles. The van der Waals surface area contributed by atoms with Crippen molar-refractivity contribution in [1.82, 2.24) is 15.1 Å². The summed E-state index contributed by atoms with van der Waals surface area (Å²) in [5, 5.41) is 7.25. The van der Waals surface area contributed by atoms with E-state index in [4.69, 9.17) is 0 Å². The molecule has 1 heterocycles. The highest BCUT2D eigenvalue weighted by atomic mass is 32.2. The van der Waals surface area contributed by atoms with Crippen LogP contribution in [0.3, 0.4) is 0 Å². The van der Waals surface area contributed by atoms with Gasteiger partial charge in [0, 0.05) is 18.3 Å². The minimum Gasteiger partial charge on any atom is -0.313 e. The zero-order chi connectivity index (χ0) is 13.8.